The van der Waals surface area contributed by atoms with Crippen LogP contribution >= 0.6 is 0 Å². The van der Waals surface area contributed by atoms with Crippen molar-refractivity contribution in [2.45, 2.75) is 57.6 Å². The Hall–Kier alpha value is -0.900. The van der Waals surface area contributed by atoms with Crippen LogP contribution in [0.5, 0.6) is 0 Å². The van der Waals surface area contributed by atoms with Crippen molar-refractivity contribution in [3.05, 3.63) is 11.4 Å². The second-order valence-electron chi connectivity index (χ2n) is 5.16. The molecule has 1 heterocycles. The lowest BCUT2D eigenvalue weighted by Gasteiger charge is -2.25. The Morgan fingerprint density at radius 1 is 1.25 bits per heavy atom. The molecule has 2 aliphatic rings. The lowest BCUT2D eigenvalue weighted by Crippen LogP contribution is -2.15. The second kappa shape index (κ2) is 4.17. The number of aliphatic hydroxyl groups is 1. The van der Waals surface area contributed by atoms with Gasteiger partial charge < -0.3 is 5.11 Å². The highest BCUT2D eigenvalue weighted by molar-refractivity contribution is 5.19. The SMILES string of the molecule is OCc1nnn(CCC2CCC2)c1C1CC1. The number of aliphatic hydroxyl groups excluding tert-OH is 1. The average Bonchev–Trinajstić information content (AvgIpc) is 2.98. The summed E-state index contributed by atoms with van der Waals surface area (Å²) in [5.41, 5.74) is 2.01. The number of aryl methyl sites for hydroxylation is 1. The standard InChI is InChI=1S/C12H19N3O/c16-8-11-12(10-4-5-10)15(14-13-11)7-6-9-2-1-3-9/h9-10,16H,1-8H2. The highest BCUT2D eigenvalue weighted by Crippen LogP contribution is 2.41. The van der Waals surface area contributed by atoms with E-state index in [0.29, 0.717) is 5.92 Å². The van der Waals surface area contributed by atoms with Crippen LogP contribution < -0.4 is 0 Å². The predicted molar refractivity (Wildman–Crippen MR) is 59.9 cm³/mol. The van der Waals surface area contributed by atoms with E-state index in [9.17, 15) is 5.11 Å². The normalized spacial score (nSPS) is 21.1. The Kier molecular flexibility index (Phi) is 2.67. The van der Waals surface area contributed by atoms with Gasteiger partial charge in [0.2, 0.25) is 0 Å². The van der Waals surface area contributed by atoms with Crippen molar-refractivity contribution in [1.82, 2.24) is 15.0 Å². The fourth-order valence-corrected chi connectivity index (χ4v) is 2.52. The van der Waals surface area contributed by atoms with Gasteiger partial charge in [-0.05, 0) is 25.2 Å². The van der Waals surface area contributed by atoms with E-state index in [1.807, 2.05) is 4.68 Å². The molecule has 0 aliphatic heterocycles. The van der Waals surface area contributed by atoms with Crippen LogP contribution in [0.1, 0.15) is 55.8 Å². The molecule has 4 heteroatoms. The molecule has 4 nitrogen and oxygen atoms in total. The summed E-state index contributed by atoms with van der Waals surface area (Å²) in [6, 6.07) is 0. The van der Waals surface area contributed by atoms with Gasteiger partial charge in [0.1, 0.15) is 5.69 Å². The molecule has 16 heavy (non-hydrogen) atoms. The Morgan fingerprint density at radius 2 is 2.06 bits per heavy atom. The number of rotatable bonds is 5. The molecule has 0 spiro atoms. The first-order valence-electron chi connectivity index (χ1n) is 6.41. The molecule has 3 rings (SSSR count). The van der Waals surface area contributed by atoms with Crippen LogP contribution in [-0.2, 0) is 13.2 Å². The van der Waals surface area contributed by atoms with Crippen molar-refractivity contribution in [2.24, 2.45) is 5.92 Å². The third-order valence-electron chi connectivity index (χ3n) is 3.93. The maximum atomic E-state index is 9.23. The van der Waals surface area contributed by atoms with Crippen LogP contribution in [0.4, 0.5) is 0 Å². The van der Waals surface area contributed by atoms with Crippen LogP contribution in [-0.4, -0.2) is 20.1 Å². The van der Waals surface area contributed by atoms with E-state index in [1.54, 1.807) is 0 Å². The molecule has 2 saturated carbocycles. The summed E-state index contributed by atoms with van der Waals surface area (Å²) in [4.78, 5) is 0. The molecule has 0 atom stereocenters. The van der Waals surface area contributed by atoms with Gasteiger partial charge >= 0.3 is 0 Å². The van der Waals surface area contributed by atoms with Crippen molar-refractivity contribution in [3.63, 3.8) is 0 Å². The third kappa shape index (κ3) is 1.86. The lowest BCUT2D eigenvalue weighted by atomic mass is 9.83. The van der Waals surface area contributed by atoms with Crippen LogP contribution in [0.25, 0.3) is 0 Å². The Morgan fingerprint density at radius 3 is 2.62 bits per heavy atom. The number of hydrogen-bond acceptors (Lipinski definition) is 3. The second-order valence-corrected chi connectivity index (χ2v) is 5.16. The Labute approximate surface area is 95.7 Å². The molecule has 2 aliphatic carbocycles. The smallest absolute Gasteiger partial charge is 0.112 e. The quantitative estimate of drug-likeness (QED) is 0.825. The largest absolute Gasteiger partial charge is 0.390 e. The van der Waals surface area contributed by atoms with Gasteiger partial charge in [-0.1, -0.05) is 24.5 Å². The first-order valence-corrected chi connectivity index (χ1v) is 6.41. The van der Waals surface area contributed by atoms with E-state index in [1.165, 1.54) is 44.2 Å². The molecular weight excluding hydrogens is 202 g/mol. The van der Waals surface area contributed by atoms with Gasteiger partial charge in [0.15, 0.2) is 0 Å². The van der Waals surface area contributed by atoms with Crippen molar-refractivity contribution < 1.29 is 5.11 Å². The number of aromatic nitrogens is 3. The summed E-state index contributed by atoms with van der Waals surface area (Å²) in [6.45, 7) is 1.03. The van der Waals surface area contributed by atoms with Crippen LogP contribution in [0.15, 0.2) is 0 Å². The zero-order valence-electron chi connectivity index (χ0n) is 9.60. The van der Waals surface area contributed by atoms with Crippen molar-refractivity contribution in [1.29, 1.82) is 0 Å². The lowest BCUT2D eigenvalue weighted by molar-refractivity contribution is 0.273. The maximum absolute atomic E-state index is 9.23. The molecule has 1 aromatic rings. The monoisotopic (exact) mass is 221 g/mol. The van der Waals surface area contributed by atoms with Gasteiger partial charge in [-0.3, -0.25) is 0 Å². The van der Waals surface area contributed by atoms with Crippen molar-refractivity contribution >= 4 is 0 Å². The maximum Gasteiger partial charge on any atom is 0.112 e. The predicted octanol–water partition coefficient (Wildman–Crippen LogP) is 1.84. The van der Waals surface area contributed by atoms with Crippen LogP contribution in [0, 0.1) is 5.92 Å². The number of hydrogen-bond donors (Lipinski definition) is 1. The van der Waals surface area contributed by atoms with Crippen LogP contribution in [0.3, 0.4) is 0 Å². The van der Waals surface area contributed by atoms with Crippen LogP contribution in [0.2, 0.25) is 0 Å². The fourth-order valence-electron chi connectivity index (χ4n) is 2.52. The topological polar surface area (TPSA) is 50.9 Å². The van der Waals surface area contributed by atoms with Gasteiger partial charge in [0, 0.05) is 12.5 Å². The van der Waals surface area contributed by atoms with E-state index in [4.69, 9.17) is 0 Å². The zero-order chi connectivity index (χ0) is 11.0. The first-order chi connectivity index (χ1) is 7.88. The molecule has 1 aromatic heterocycles. The minimum Gasteiger partial charge on any atom is -0.390 e. The molecule has 2 fully saturated rings. The Balaban J connectivity index is 1.69. The van der Waals surface area contributed by atoms with Gasteiger partial charge in [-0.15, -0.1) is 5.10 Å². The average molecular weight is 221 g/mol. The van der Waals surface area contributed by atoms with Gasteiger partial charge in [-0.2, -0.15) is 0 Å². The highest BCUT2D eigenvalue weighted by atomic mass is 16.3. The van der Waals surface area contributed by atoms with E-state index in [-0.39, 0.29) is 6.61 Å². The molecule has 0 amide bonds. The van der Waals surface area contributed by atoms with E-state index < -0.39 is 0 Å². The van der Waals surface area contributed by atoms with Crippen molar-refractivity contribution in [2.75, 3.05) is 0 Å². The summed E-state index contributed by atoms with van der Waals surface area (Å²) >= 11 is 0. The summed E-state index contributed by atoms with van der Waals surface area (Å²) in [5, 5.41) is 17.5. The molecule has 0 radical (unpaired) electrons. The van der Waals surface area contributed by atoms with E-state index in [2.05, 4.69) is 10.3 Å². The van der Waals surface area contributed by atoms with Crippen molar-refractivity contribution in [3.8, 4) is 0 Å². The fraction of sp³-hybridized carbons (Fsp3) is 0.833. The van der Waals surface area contributed by atoms with E-state index in [0.717, 1.165) is 18.2 Å². The van der Waals surface area contributed by atoms with E-state index >= 15 is 0 Å². The molecule has 0 saturated heterocycles. The van der Waals surface area contributed by atoms with Gasteiger partial charge in [0.05, 0.1) is 12.3 Å². The zero-order valence-corrected chi connectivity index (χ0v) is 9.60. The number of nitrogens with zero attached hydrogens (tertiary/aromatic N) is 3. The molecule has 1 N–H and O–H groups in total. The molecule has 88 valence electrons. The summed E-state index contributed by atoms with van der Waals surface area (Å²) < 4.78 is 2.04. The Bertz CT molecular complexity index is 366. The minimum absolute atomic E-state index is 0.0370. The molecular formula is C12H19N3O. The molecule has 0 aromatic carbocycles. The third-order valence-corrected chi connectivity index (χ3v) is 3.93. The first kappa shape index (κ1) is 10.3. The highest BCUT2D eigenvalue weighted by Gasteiger charge is 2.31. The summed E-state index contributed by atoms with van der Waals surface area (Å²) in [7, 11) is 0. The minimum atomic E-state index is 0.0370. The van der Waals surface area contributed by atoms with Gasteiger partial charge in [-0.25, -0.2) is 4.68 Å². The molecule has 0 unspecified atom stereocenters. The molecule has 0 bridgehead atoms. The summed E-state index contributed by atoms with van der Waals surface area (Å²) in [5.74, 6) is 1.53. The van der Waals surface area contributed by atoms with Gasteiger partial charge in [0.25, 0.3) is 0 Å². The summed E-state index contributed by atoms with van der Waals surface area (Å²) in [6.07, 6.45) is 7.89.